The lowest BCUT2D eigenvalue weighted by atomic mass is 9.93. The number of nitrogens with one attached hydrogen (secondary N) is 3. The summed E-state index contributed by atoms with van der Waals surface area (Å²) >= 11 is 0. The van der Waals surface area contributed by atoms with E-state index in [4.69, 9.17) is 9.97 Å². The minimum Gasteiger partial charge on any atom is -0.358 e. The summed E-state index contributed by atoms with van der Waals surface area (Å²) in [5.41, 5.74) is 8.40. The molecule has 0 saturated carbocycles. The van der Waals surface area contributed by atoms with Crippen molar-refractivity contribution in [3.8, 4) is 33.9 Å². The first kappa shape index (κ1) is 23.5. The first-order valence-electron chi connectivity index (χ1n) is 12.1. The highest BCUT2D eigenvalue weighted by Gasteiger charge is 2.18. The molecule has 3 N–H and O–H groups in total. The molecule has 6 aromatic rings. The molecule has 188 valence electrons. The van der Waals surface area contributed by atoms with Crippen LogP contribution in [0.5, 0.6) is 0 Å². The van der Waals surface area contributed by atoms with Gasteiger partial charge in [0.05, 0.1) is 40.3 Å². The smallest absolute Gasteiger partial charge is 0.161 e. The van der Waals surface area contributed by atoms with Gasteiger partial charge in [0.15, 0.2) is 11.5 Å². The van der Waals surface area contributed by atoms with Crippen LogP contribution in [-0.4, -0.2) is 35.1 Å². The van der Waals surface area contributed by atoms with Crippen molar-refractivity contribution < 1.29 is 4.39 Å². The lowest BCUT2D eigenvalue weighted by Crippen LogP contribution is -2.15. The van der Waals surface area contributed by atoms with Crippen molar-refractivity contribution in [2.24, 2.45) is 5.41 Å². The van der Waals surface area contributed by atoms with Gasteiger partial charge in [0, 0.05) is 34.6 Å². The minimum absolute atomic E-state index is 0.0858. The molecule has 0 amide bonds. The Morgan fingerprint density at radius 2 is 1.66 bits per heavy atom. The largest absolute Gasteiger partial charge is 0.358 e. The van der Waals surface area contributed by atoms with Gasteiger partial charge in [0.2, 0.25) is 0 Å². The Labute approximate surface area is 218 Å². The highest BCUT2D eigenvalue weighted by Crippen LogP contribution is 2.32. The van der Waals surface area contributed by atoms with E-state index < -0.39 is 0 Å². The fourth-order valence-corrected chi connectivity index (χ4v) is 4.12. The van der Waals surface area contributed by atoms with Crippen LogP contribution >= 0.6 is 0 Å². The number of pyridine rings is 3. The third kappa shape index (κ3) is 4.28. The van der Waals surface area contributed by atoms with Gasteiger partial charge in [-0.25, -0.2) is 14.4 Å². The summed E-state index contributed by atoms with van der Waals surface area (Å²) in [6, 6.07) is 12.1. The summed E-state index contributed by atoms with van der Waals surface area (Å²) in [6.07, 6.45) is 6.98. The molecule has 0 spiro atoms. The summed E-state index contributed by atoms with van der Waals surface area (Å²) in [5, 5.41) is 10.9. The van der Waals surface area contributed by atoms with Crippen molar-refractivity contribution in [3.63, 3.8) is 0 Å². The van der Waals surface area contributed by atoms with Gasteiger partial charge in [-0.05, 0) is 35.9 Å². The molecule has 0 aliphatic heterocycles. The van der Waals surface area contributed by atoms with Gasteiger partial charge in [-0.2, -0.15) is 5.10 Å². The van der Waals surface area contributed by atoms with Crippen LogP contribution in [0.15, 0.2) is 79.5 Å². The van der Waals surface area contributed by atoms with Gasteiger partial charge in [-0.1, -0.05) is 39.5 Å². The Kier molecular flexibility index (Phi) is 5.48. The quantitative estimate of drug-likeness (QED) is 0.240. The van der Waals surface area contributed by atoms with E-state index in [0.29, 0.717) is 17.0 Å². The second-order valence-corrected chi connectivity index (χ2v) is 10.2. The summed E-state index contributed by atoms with van der Waals surface area (Å²) in [4.78, 5) is 21.8. The van der Waals surface area contributed by atoms with Crippen LogP contribution in [0.25, 0.3) is 56.0 Å². The summed E-state index contributed by atoms with van der Waals surface area (Å²) in [5.74, 6) is 0.263. The third-order valence-electron chi connectivity index (χ3n) is 6.42. The molecule has 5 aromatic heterocycles. The lowest BCUT2D eigenvalue weighted by molar-refractivity contribution is 0.509. The zero-order chi connectivity index (χ0) is 26.4. The molecule has 9 heteroatoms. The number of rotatable bonds is 5. The molecule has 0 aliphatic rings. The molecule has 6 rings (SSSR count). The number of allylic oxidation sites excluding steroid dienone is 1. The number of benzene rings is 1. The fraction of sp³-hybridized carbons (Fsp3) is 0.138. The van der Waals surface area contributed by atoms with Gasteiger partial charge in [0.25, 0.3) is 0 Å². The van der Waals surface area contributed by atoms with Crippen LogP contribution in [0.3, 0.4) is 0 Å². The maximum absolute atomic E-state index is 13.5. The van der Waals surface area contributed by atoms with E-state index in [1.165, 1.54) is 12.1 Å². The van der Waals surface area contributed by atoms with E-state index in [1.54, 1.807) is 36.9 Å². The Morgan fingerprint density at radius 1 is 0.868 bits per heavy atom. The first-order valence-corrected chi connectivity index (χ1v) is 12.1. The fourth-order valence-electron chi connectivity index (χ4n) is 4.12. The maximum atomic E-state index is 13.5. The number of nitrogens with zero attached hydrogens (tertiary/aromatic N) is 5. The van der Waals surface area contributed by atoms with Crippen molar-refractivity contribution in [2.75, 3.05) is 5.32 Å². The zero-order valence-electron chi connectivity index (χ0n) is 21.2. The molecule has 0 fully saturated rings. The average Bonchev–Trinajstić information content (AvgIpc) is 3.52. The van der Waals surface area contributed by atoms with Gasteiger partial charge in [-0.15, -0.1) is 0 Å². The molecule has 0 aliphatic carbocycles. The molecule has 5 heterocycles. The minimum atomic E-state index is -0.294. The molecule has 38 heavy (non-hydrogen) atoms. The van der Waals surface area contributed by atoms with E-state index in [-0.39, 0.29) is 11.2 Å². The highest BCUT2D eigenvalue weighted by atomic mass is 19.1. The molecule has 1 aromatic carbocycles. The molecule has 0 unspecified atom stereocenters. The van der Waals surface area contributed by atoms with Crippen LogP contribution in [0, 0.1) is 11.2 Å². The SMILES string of the molecule is C=C(Nc1cncc(-c2ccc3[nH]nc(-c4nc5c(-c6ccc(F)cc6)cncc5[nH]4)c3n2)c1)C(C)(C)C. The van der Waals surface area contributed by atoms with Crippen LogP contribution < -0.4 is 5.32 Å². The molecule has 0 atom stereocenters. The Morgan fingerprint density at radius 3 is 2.45 bits per heavy atom. The van der Waals surface area contributed by atoms with Gasteiger partial charge < -0.3 is 10.3 Å². The average molecular weight is 505 g/mol. The molecule has 0 radical (unpaired) electrons. The lowest BCUT2D eigenvalue weighted by Gasteiger charge is -2.23. The van der Waals surface area contributed by atoms with E-state index in [2.05, 4.69) is 57.8 Å². The Bertz CT molecular complexity index is 1810. The number of imidazole rings is 1. The number of H-pyrrole nitrogens is 2. The van der Waals surface area contributed by atoms with Crippen molar-refractivity contribution in [1.29, 1.82) is 0 Å². The van der Waals surface area contributed by atoms with E-state index >= 15 is 0 Å². The normalized spacial score (nSPS) is 11.8. The van der Waals surface area contributed by atoms with E-state index in [1.807, 2.05) is 18.2 Å². The molecular weight excluding hydrogens is 479 g/mol. The second-order valence-electron chi connectivity index (χ2n) is 10.2. The van der Waals surface area contributed by atoms with Crippen LogP contribution in [0.4, 0.5) is 10.1 Å². The number of hydrogen-bond acceptors (Lipinski definition) is 6. The topological polar surface area (TPSA) is 108 Å². The van der Waals surface area contributed by atoms with Crippen LogP contribution in [0.2, 0.25) is 0 Å². The van der Waals surface area contributed by atoms with Crippen molar-refractivity contribution in [2.45, 2.75) is 20.8 Å². The van der Waals surface area contributed by atoms with Crippen molar-refractivity contribution in [1.82, 2.24) is 35.1 Å². The Balaban J connectivity index is 1.39. The predicted octanol–water partition coefficient (Wildman–Crippen LogP) is 6.74. The summed E-state index contributed by atoms with van der Waals surface area (Å²) in [6.45, 7) is 10.5. The standard InChI is InChI=1S/C29H25FN8/c1-16(29(2,3)4)33-20-11-18(12-31-13-20)22-9-10-23-26(34-22)27(38-37-23)28-35-24-15-32-14-21(25(24)36-28)17-5-7-19(30)8-6-17/h5-15,33H,1H2,2-4H3,(H,35,36)(H,37,38). The second kappa shape index (κ2) is 8.88. The molecule has 8 nitrogen and oxygen atoms in total. The highest BCUT2D eigenvalue weighted by molar-refractivity contribution is 5.95. The van der Waals surface area contributed by atoms with E-state index in [9.17, 15) is 4.39 Å². The van der Waals surface area contributed by atoms with E-state index in [0.717, 1.165) is 50.3 Å². The predicted molar refractivity (Wildman–Crippen MR) is 148 cm³/mol. The van der Waals surface area contributed by atoms with Gasteiger partial charge in [0.1, 0.15) is 11.3 Å². The Hall–Kier alpha value is -4.92. The zero-order valence-corrected chi connectivity index (χ0v) is 21.2. The van der Waals surface area contributed by atoms with Gasteiger partial charge in [-0.3, -0.25) is 15.1 Å². The first-order chi connectivity index (χ1) is 18.3. The number of halogens is 1. The molecule has 0 saturated heterocycles. The number of anilines is 1. The van der Waals surface area contributed by atoms with Crippen LogP contribution in [-0.2, 0) is 0 Å². The molecule has 0 bridgehead atoms. The van der Waals surface area contributed by atoms with Crippen molar-refractivity contribution >= 4 is 27.8 Å². The summed E-state index contributed by atoms with van der Waals surface area (Å²) < 4.78 is 13.5. The summed E-state index contributed by atoms with van der Waals surface area (Å²) in [7, 11) is 0. The maximum Gasteiger partial charge on any atom is 0.161 e. The monoisotopic (exact) mass is 504 g/mol. The number of aromatic amines is 2. The number of aromatic nitrogens is 7. The number of fused-ring (bicyclic) bond motifs is 2. The van der Waals surface area contributed by atoms with Crippen LogP contribution in [0.1, 0.15) is 20.8 Å². The molecular formula is C29H25FN8. The van der Waals surface area contributed by atoms with Gasteiger partial charge >= 0.3 is 0 Å². The third-order valence-corrected chi connectivity index (χ3v) is 6.42. The van der Waals surface area contributed by atoms with Crippen molar-refractivity contribution in [3.05, 3.63) is 85.3 Å². The number of hydrogen-bond donors (Lipinski definition) is 3.